The van der Waals surface area contributed by atoms with E-state index in [0.717, 1.165) is 19.3 Å². The molecule has 6 nitrogen and oxygen atoms in total. The molecule has 2 fully saturated rings. The first-order chi connectivity index (χ1) is 9.52. The minimum Gasteiger partial charge on any atom is -0.481 e. The summed E-state index contributed by atoms with van der Waals surface area (Å²) in [6, 6.07) is -0.320. The summed E-state index contributed by atoms with van der Waals surface area (Å²) in [5, 5.41) is 8.79. The van der Waals surface area contributed by atoms with E-state index in [1.54, 1.807) is 0 Å². The molecule has 0 aromatic carbocycles. The average molecular weight is 282 g/mol. The van der Waals surface area contributed by atoms with Gasteiger partial charge in [0.1, 0.15) is 0 Å². The van der Waals surface area contributed by atoms with Gasteiger partial charge in [-0.1, -0.05) is 6.92 Å². The molecule has 0 aromatic heterocycles. The predicted octanol–water partition coefficient (Wildman–Crippen LogP) is 0.711. The van der Waals surface area contributed by atoms with Crippen LogP contribution < -0.4 is 0 Å². The van der Waals surface area contributed by atoms with Crippen LogP contribution in [-0.4, -0.2) is 58.4 Å². The number of nitrogens with zero attached hydrogens (tertiary/aromatic N) is 2. The van der Waals surface area contributed by atoms with Crippen molar-refractivity contribution in [1.29, 1.82) is 0 Å². The van der Waals surface area contributed by atoms with Gasteiger partial charge in [-0.15, -0.1) is 0 Å². The van der Waals surface area contributed by atoms with Crippen molar-refractivity contribution in [3.8, 4) is 0 Å². The number of carbonyl (C=O) groups excluding carboxylic acids is 2. The Kier molecular flexibility index (Phi) is 4.75. The van der Waals surface area contributed by atoms with Gasteiger partial charge in [-0.25, -0.2) is 0 Å². The molecule has 0 aromatic rings. The van der Waals surface area contributed by atoms with E-state index in [9.17, 15) is 14.4 Å². The van der Waals surface area contributed by atoms with Crippen LogP contribution in [0.5, 0.6) is 0 Å². The molecule has 0 radical (unpaired) electrons. The highest BCUT2D eigenvalue weighted by Crippen LogP contribution is 2.26. The molecule has 1 atom stereocenters. The first kappa shape index (κ1) is 15.0. The summed E-state index contributed by atoms with van der Waals surface area (Å²) in [5.74, 6) is -0.713. The van der Waals surface area contributed by atoms with E-state index in [0.29, 0.717) is 19.6 Å². The number of amides is 2. The molecule has 6 heteroatoms. The van der Waals surface area contributed by atoms with Crippen molar-refractivity contribution in [3.05, 3.63) is 0 Å². The van der Waals surface area contributed by atoms with Crippen LogP contribution in [0.4, 0.5) is 0 Å². The van der Waals surface area contributed by atoms with Crippen molar-refractivity contribution in [3.63, 3.8) is 0 Å². The normalized spacial score (nSPS) is 25.4. The van der Waals surface area contributed by atoms with Gasteiger partial charge in [0.2, 0.25) is 11.8 Å². The Hall–Kier alpha value is -1.43. The molecule has 2 heterocycles. The molecule has 20 heavy (non-hydrogen) atoms. The van der Waals surface area contributed by atoms with E-state index in [-0.39, 0.29) is 36.6 Å². The van der Waals surface area contributed by atoms with Crippen LogP contribution >= 0.6 is 0 Å². The lowest BCUT2D eigenvalue weighted by molar-refractivity contribution is -0.141. The van der Waals surface area contributed by atoms with Gasteiger partial charge in [0, 0.05) is 13.0 Å². The third-order valence-corrected chi connectivity index (χ3v) is 4.22. The highest BCUT2D eigenvalue weighted by molar-refractivity contribution is 6.05. The van der Waals surface area contributed by atoms with Gasteiger partial charge < -0.3 is 5.11 Å². The average Bonchev–Trinajstić information content (AvgIpc) is 2.67. The number of hydrogen-bond donors (Lipinski definition) is 1. The van der Waals surface area contributed by atoms with Gasteiger partial charge in [0.05, 0.1) is 12.5 Å². The van der Waals surface area contributed by atoms with Crippen molar-refractivity contribution < 1.29 is 19.5 Å². The summed E-state index contributed by atoms with van der Waals surface area (Å²) in [6.07, 6.45) is 2.84. The Bertz CT molecular complexity index is 402. The van der Waals surface area contributed by atoms with Crippen molar-refractivity contribution in [2.45, 2.75) is 45.1 Å². The maximum Gasteiger partial charge on any atom is 0.303 e. The van der Waals surface area contributed by atoms with E-state index in [2.05, 4.69) is 0 Å². The number of rotatable bonds is 5. The van der Waals surface area contributed by atoms with Gasteiger partial charge in [-0.05, 0) is 38.3 Å². The standard InChI is InChI=1S/C14H22N2O4/c1-2-5-16-12(17)9-11(14(16)20)15-6-3-10(4-7-15)8-13(18)19/h10-11H,2-9H2,1H3,(H,18,19). The Labute approximate surface area is 118 Å². The second-order valence-electron chi connectivity index (χ2n) is 5.68. The molecule has 1 N–H and O–H groups in total. The fourth-order valence-corrected chi connectivity index (χ4v) is 3.13. The van der Waals surface area contributed by atoms with Gasteiger partial charge in [0.25, 0.3) is 0 Å². The molecule has 2 aliphatic heterocycles. The second-order valence-corrected chi connectivity index (χ2v) is 5.68. The summed E-state index contributed by atoms with van der Waals surface area (Å²) in [7, 11) is 0. The quantitative estimate of drug-likeness (QED) is 0.751. The van der Waals surface area contributed by atoms with Gasteiger partial charge in [0.15, 0.2) is 0 Å². The van der Waals surface area contributed by atoms with Crippen LogP contribution in [0.2, 0.25) is 0 Å². The fourth-order valence-electron chi connectivity index (χ4n) is 3.13. The molecule has 112 valence electrons. The highest BCUT2D eigenvalue weighted by atomic mass is 16.4. The summed E-state index contributed by atoms with van der Waals surface area (Å²) >= 11 is 0. The fraction of sp³-hybridized carbons (Fsp3) is 0.786. The monoisotopic (exact) mass is 282 g/mol. The smallest absolute Gasteiger partial charge is 0.303 e. The molecule has 0 saturated carbocycles. The summed E-state index contributed by atoms with van der Waals surface area (Å²) in [6.45, 7) is 3.87. The van der Waals surface area contributed by atoms with E-state index in [1.807, 2.05) is 11.8 Å². The van der Waals surface area contributed by atoms with Crippen LogP contribution in [0.3, 0.4) is 0 Å². The van der Waals surface area contributed by atoms with Gasteiger partial charge in [-0.3, -0.25) is 24.2 Å². The molecule has 0 spiro atoms. The number of carboxylic acid groups (broad SMARTS) is 1. The first-order valence-electron chi connectivity index (χ1n) is 7.33. The van der Waals surface area contributed by atoms with Crippen LogP contribution in [0, 0.1) is 5.92 Å². The van der Waals surface area contributed by atoms with E-state index in [4.69, 9.17) is 5.11 Å². The largest absolute Gasteiger partial charge is 0.481 e. The molecule has 2 aliphatic rings. The van der Waals surface area contributed by atoms with E-state index < -0.39 is 5.97 Å². The zero-order valence-electron chi connectivity index (χ0n) is 11.9. The number of aliphatic carboxylic acids is 1. The molecule has 2 amide bonds. The molecular formula is C14H22N2O4. The van der Waals surface area contributed by atoms with Crippen molar-refractivity contribution in [2.75, 3.05) is 19.6 Å². The number of likely N-dealkylation sites (tertiary alicyclic amines) is 2. The third kappa shape index (κ3) is 3.17. The molecular weight excluding hydrogens is 260 g/mol. The summed E-state index contributed by atoms with van der Waals surface area (Å²) in [4.78, 5) is 38.2. The molecule has 0 aliphatic carbocycles. The topological polar surface area (TPSA) is 77.9 Å². The number of piperidine rings is 1. The van der Waals surface area contributed by atoms with Gasteiger partial charge >= 0.3 is 5.97 Å². The molecule has 2 saturated heterocycles. The third-order valence-electron chi connectivity index (χ3n) is 4.22. The van der Waals surface area contributed by atoms with Crippen LogP contribution in [0.15, 0.2) is 0 Å². The molecule has 1 unspecified atom stereocenters. The predicted molar refractivity (Wildman–Crippen MR) is 72.0 cm³/mol. The molecule has 0 bridgehead atoms. The van der Waals surface area contributed by atoms with E-state index >= 15 is 0 Å². The SMILES string of the molecule is CCCN1C(=O)CC(N2CCC(CC(=O)O)CC2)C1=O. The van der Waals surface area contributed by atoms with E-state index in [1.165, 1.54) is 4.90 Å². The highest BCUT2D eigenvalue weighted by Gasteiger charge is 2.42. The Morgan fingerprint density at radius 2 is 1.95 bits per heavy atom. The number of carbonyl (C=O) groups is 3. The lowest BCUT2D eigenvalue weighted by atomic mass is 9.92. The number of imide groups is 1. The van der Waals surface area contributed by atoms with Crippen LogP contribution in [0.1, 0.15) is 39.0 Å². The summed E-state index contributed by atoms with van der Waals surface area (Å²) < 4.78 is 0. The second kappa shape index (κ2) is 6.35. The summed E-state index contributed by atoms with van der Waals surface area (Å²) in [5.41, 5.74) is 0. The Balaban J connectivity index is 1.89. The van der Waals surface area contributed by atoms with Crippen molar-refractivity contribution in [2.24, 2.45) is 5.92 Å². The number of hydrogen-bond acceptors (Lipinski definition) is 4. The zero-order valence-corrected chi connectivity index (χ0v) is 11.9. The van der Waals surface area contributed by atoms with Crippen LogP contribution in [0.25, 0.3) is 0 Å². The van der Waals surface area contributed by atoms with Crippen LogP contribution in [-0.2, 0) is 14.4 Å². The Morgan fingerprint density at radius 1 is 1.30 bits per heavy atom. The minimum atomic E-state index is -0.760. The maximum atomic E-state index is 12.2. The first-order valence-corrected chi connectivity index (χ1v) is 7.33. The Morgan fingerprint density at radius 3 is 2.50 bits per heavy atom. The maximum absolute atomic E-state index is 12.2. The van der Waals surface area contributed by atoms with Crippen molar-refractivity contribution >= 4 is 17.8 Å². The molecule has 2 rings (SSSR count). The minimum absolute atomic E-state index is 0.0745. The van der Waals surface area contributed by atoms with Crippen molar-refractivity contribution in [1.82, 2.24) is 9.80 Å². The number of carboxylic acids is 1. The zero-order chi connectivity index (χ0) is 14.7. The lowest BCUT2D eigenvalue weighted by Gasteiger charge is -2.34. The van der Waals surface area contributed by atoms with Gasteiger partial charge in [-0.2, -0.15) is 0 Å². The lowest BCUT2D eigenvalue weighted by Crippen LogP contribution is -2.46.